The quantitative estimate of drug-likeness (QED) is 0.300. The number of nitrogens with zero attached hydrogens (tertiary/aromatic N) is 2. The predicted molar refractivity (Wildman–Crippen MR) is 137 cm³/mol. The summed E-state index contributed by atoms with van der Waals surface area (Å²) in [5, 5.41) is 2.78. The number of anilines is 2. The van der Waals surface area contributed by atoms with Crippen molar-refractivity contribution < 1.29 is 31.1 Å². The molecule has 2 heterocycles. The third-order valence-electron chi connectivity index (χ3n) is 5.16. The van der Waals surface area contributed by atoms with Gasteiger partial charge in [0.15, 0.2) is 0 Å². The van der Waals surface area contributed by atoms with Crippen LogP contribution in [0.5, 0.6) is 5.75 Å². The first-order valence-electron chi connectivity index (χ1n) is 10.9. The summed E-state index contributed by atoms with van der Waals surface area (Å²) in [6, 6.07) is 8.40. The summed E-state index contributed by atoms with van der Waals surface area (Å²) in [5.74, 6) is -3.17. The normalized spacial score (nSPS) is 11.3. The van der Waals surface area contributed by atoms with Gasteiger partial charge in [0.2, 0.25) is 10.0 Å². The molecule has 0 saturated heterocycles. The van der Waals surface area contributed by atoms with Crippen LogP contribution in [0.1, 0.15) is 15.9 Å². The van der Waals surface area contributed by atoms with E-state index in [1.165, 1.54) is 47.3 Å². The summed E-state index contributed by atoms with van der Waals surface area (Å²) < 4.78 is 74.9. The third-order valence-corrected chi connectivity index (χ3v) is 5.98. The molecule has 38 heavy (non-hydrogen) atoms. The van der Waals surface area contributed by atoms with Crippen LogP contribution in [0.3, 0.4) is 0 Å². The lowest BCUT2D eigenvalue weighted by Crippen LogP contribution is -2.13. The van der Waals surface area contributed by atoms with Crippen molar-refractivity contribution in [1.29, 1.82) is 0 Å². The van der Waals surface area contributed by atoms with Crippen molar-refractivity contribution in [2.75, 3.05) is 16.3 Å². The van der Waals surface area contributed by atoms with Gasteiger partial charge in [-0.2, -0.15) is 0 Å². The first kappa shape index (κ1) is 27.0. The molecule has 0 atom stereocenters. The molecule has 0 unspecified atom stereocenters. The monoisotopic (exact) mass is 564 g/mol. The zero-order chi connectivity index (χ0) is 27.6. The van der Waals surface area contributed by atoms with Crippen LogP contribution in [0.15, 0.2) is 61.1 Å². The van der Waals surface area contributed by atoms with Gasteiger partial charge in [0, 0.05) is 47.8 Å². The fraction of sp³-hybridized carbons (Fsp3) is 0.120. The predicted octanol–water partition coefficient (Wildman–Crippen LogP) is 5.36. The Hall–Kier alpha value is -4.03. The van der Waals surface area contributed by atoms with Gasteiger partial charge in [-0.3, -0.25) is 14.5 Å². The zero-order valence-electron chi connectivity index (χ0n) is 19.9. The molecule has 1 amide bonds. The number of nitrogens with one attached hydrogen (secondary N) is 2. The first-order chi connectivity index (χ1) is 17.9. The average molecular weight is 565 g/mol. The average Bonchev–Trinajstić information content (AvgIpc) is 3.17. The van der Waals surface area contributed by atoms with E-state index in [0.29, 0.717) is 11.6 Å². The molecular weight excluding hydrogens is 545 g/mol. The highest BCUT2D eigenvalue weighted by Crippen LogP contribution is 2.35. The van der Waals surface area contributed by atoms with E-state index in [-0.39, 0.29) is 45.6 Å². The summed E-state index contributed by atoms with van der Waals surface area (Å²) in [5.41, 5.74) is 0.903. The van der Waals surface area contributed by atoms with Crippen molar-refractivity contribution >= 4 is 38.9 Å². The van der Waals surface area contributed by atoms with Gasteiger partial charge in [0.05, 0.1) is 35.0 Å². The summed E-state index contributed by atoms with van der Waals surface area (Å²) in [4.78, 5) is 16.7. The number of amides is 1. The third kappa shape index (κ3) is 6.64. The second kappa shape index (κ2) is 10.8. The summed E-state index contributed by atoms with van der Waals surface area (Å²) in [7, 11) is -2.02. The van der Waals surface area contributed by atoms with Gasteiger partial charge in [-0.05, 0) is 30.3 Å². The van der Waals surface area contributed by atoms with Crippen LogP contribution in [0.25, 0.3) is 11.3 Å². The minimum absolute atomic E-state index is 0.111. The van der Waals surface area contributed by atoms with Gasteiger partial charge in [0.25, 0.3) is 5.91 Å². The Balaban J connectivity index is 1.62. The van der Waals surface area contributed by atoms with Crippen molar-refractivity contribution in [2.45, 2.75) is 6.61 Å². The van der Waals surface area contributed by atoms with Crippen molar-refractivity contribution in [2.24, 2.45) is 7.05 Å². The first-order valence-corrected chi connectivity index (χ1v) is 13.1. The van der Waals surface area contributed by atoms with E-state index in [4.69, 9.17) is 16.3 Å². The van der Waals surface area contributed by atoms with E-state index in [1.54, 1.807) is 7.05 Å². The fourth-order valence-electron chi connectivity index (χ4n) is 3.68. The van der Waals surface area contributed by atoms with E-state index in [9.17, 15) is 26.4 Å². The summed E-state index contributed by atoms with van der Waals surface area (Å²) in [6.45, 7) is -0.211. The number of pyridine rings is 1. The van der Waals surface area contributed by atoms with Crippen molar-refractivity contribution in [3.8, 4) is 17.0 Å². The molecule has 2 aromatic carbocycles. The zero-order valence-corrected chi connectivity index (χ0v) is 21.5. The van der Waals surface area contributed by atoms with E-state index >= 15 is 0 Å². The number of carbonyl (C=O) groups excluding carboxylic acids is 1. The molecule has 0 fully saturated rings. The molecule has 4 aromatic rings. The lowest BCUT2D eigenvalue weighted by atomic mass is 10.1. The van der Waals surface area contributed by atoms with Crippen LogP contribution < -0.4 is 14.8 Å². The minimum atomic E-state index is -3.58. The molecule has 0 aliphatic carbocycles. The maximum absolute atomic E-state index is 15.0. The van der Waals surface area contributed by atoms with Gasteiger partial charge in [-0.15, -0.1) is 0 Å². The number of aryl methyl sites for hydroxylation is 1. The molecule has 13 heteroatoms. The maximum Gasteiger partial charge on any atom is 0.257 e. The van der Waals surface area contributed by atoms with Crippen molar-refractivity contribution in [1.82, 2.24) is 9.55 Å². The summed E-state index contributed by atoms with van der Waals surface area (Å²) in [6.07, 6.45) is 4.77. The van der Waals surface area contributed by atoms with Gasteiger partial charge in [0.1, 0.15) is 29.8 Å². The number of halogens is 4. The lowest BCUT2D eigenvalue weighted by molar-refractivity contribution is 0.102. The van der Waals surface area contributed by atoms with E-state index in [2.05, 4.69) is 15.0 Å². The SMILES string of the molecule is Cn1cc(C(=O)Nc2cc(Cl)cc(NS(C)(=O)=O)c2)cc1-c1c(F)cc(F)cc1OCc1cncc(F)c1. The fourth-order valence-corrected chi connectivity index (χ4v) is 4.46. The Kier molecular flexibility index (Phi) is 7.65. The molecule has 0 aliphatic heterocycles. The van der Waals surface area contributed by atoms with Gasteiger partial charge in [-0.25, -0.2) is 21.6 Å². The largest absolute Gasteiger partial charge is 0.488 e. The van der Waals surface area contributed by atoms with E-state index in [1.807, 2.05) is 0 Å². The Morgan fingerprint density at radius 1 is 1.03 bits per heavy atom. The second-order valence-electron chi connectivity index (χ2n) is 8.34. The van der Waals surface area contributed by atoms with Gasteiger partial charge >= 0.3 is 0 Å². The Morgan fingerprint density at radius 3 is 2.47 bits per heavy atom. The van der Waals surface area contributed by atoms with E-state index < -0.39 is 33.4 Å². The molecule has 0 saturated carbocycles. The van der Waals surface area contributed by atoms with E-state index in [0.717, 1.165) is 18.5 Å². The highest BCUT2D eigenvalue weighted by molar-refractivity contribution is 7.92. The smallest absolute Gasteiger partial charge is 0.257 e. The van der Waals surface area contributed by atoms with Crippen LogP contribution in [0.2, 0.25) is 5.02 Å². The molecule has 2 N–H and O–H groups in total. The number of rotatable bonds is 8. The van der Waals surface area contributed by atoms with Gasteiger partial charge in [-0.1, -0.05) is 11.6 Å². The maximum atomic E-state index is 15.0. The lowest BCUT2D eigenvalue weighted by Gasteiger charge is -2.13. The highest BCUT2D eigenvalue weighted by Gasteiger charge is 2.21. The topological polar surface area (TPSA) is 102 Å². The minimum Gasteiger partial charge on any atom is -0.488 e. The number of hydrogen-bond acceptors (Lipinski definition) is 5. The number of hydrogen-bond donors (Lipinski definition) is 2. The Bertz CT molecular complexity index is 1640. The highest BCUT2D eigenvalue weighted by atomic mass is 35.5. The molecule has 2 aromatic heterocycles. The molecule has 8 nitrogen and oxygen atoms in total. The number of benzene rings is 2. The number of ether oxygens (including phenoxy) is 1. The molecule has 0 spiro atoms. The number of sulfonamides is 1. The van der Waals surface area contributed by atoms with Gasteiger partial charge < -0.3 is 14.6 Å². The van der Waals surface area contributed by atoms with Crippen LogP contribution in [0, 0.1) is 17.5 Å². The van der Waals surface area contributed by atoms with Crippen molar-refractivity contribution in [3.63, 3.8) is 0 Å². The molecular formula is C25H20ClF3N4O4S. The number of aromatic nitrogens is 2. The Morgan fingerprint density at radius 2 is 1.76 bits per heavy atom. The second-order valence-corrected chi connectivity index (χ2v) is 10.5. The molecule has 198 valence electrons. The van der Waals surface area contributed by atoms with Crippen LogP contribution in [0.4, 0.5) is 24.5 Å². The molecule has 0 bridgehead atoms. The Labute approximate surface area is 221 Å². The standard InChI is InChI=1S/C25H20ClF3N4O4S/c1-33-12-15(25(34)31-19-5-16(26)6-20(9-19)32-38(2,35)36)4-22(33)24-21(29)7-17(27)8-23(24)37-13-14-3-18(28)11-30-10-14/h3-12,32H,13H2,1-2H3,(H,31,34). The van der Waals surface area contributed by atoms with Crippen LogP contribution >= 0.6 is 11.6 Å². The van der Waals surface area contributed by atoms with Crippen LogP contribution in [-0.4, -0.2) is 30.1 Å². The molecule has 4 rings (SSSR count). The number of carbonyl (C=O) groups is 1. The molecule has 0 aliphatic rings. The molecule has 0 radical (unpaired) electrons. The summed E-state index contributed by atoms with van der Waals surface area (Å²) >= 11 is 6.05. The van der Waals surface area contributed by atoms with Crippen LogP contribution in [-0.2, 0) is 23.7 Å². The van der Waals surface area contributed by atoms with Crippen molar-refractivity contribution in [3.05, 3.63) is 94.7 Å².